The van der Waals surface area contributed by atoms with Gasteiger partial charge in [0.05, 0.1) is 0 Å². The van der Waals surface area contributed by atoms with Gasteiger partial charge in [-0.25, -0.2) is 0 Å². The summed E-state index contributed by atoms with van der Waals surface area (Å²) >= 11 is 0. The van der Waals surface area contributed by atoms with E-state index in [2.05, 4.69) is 0 Å². The van der Waals surface area contributed by atoms with E-state index >= 15 is 0 Å². The number of phenolic OH excluding ortho intramolecular Hbond substituents is 2. The first-order valence-electron chi connectivity index (χ1n) is 6.84. The van der Waals surface area contributed by atoms with Gasteiger partial charge in [-0.05, 0) is 72.2 Å². The van der Waals surface area contributed by atoms with Crippen molar-refractivity contribution in [2.24, 2.45) is 0 Å². The number of aryl methyl sites for hydroxylation is 2. The van der Waals surface area contributed by atoms with E-state index in [1.54, 1.807) is 12.1 Å². The molecule has 2 heteroatoms. The molecule has 0 aliphatic heterocycles. The Kier molecular flexibility index (Phi) is 2.03. The fourth-order valence-electron chi connectivity index (χ4n) is 3.96. The van der Waals surface area contributed by atoms with Crippen molar-refractivity contribution in [1.82, 2.24) is 0 Å². The summed E-state index contributed by atoms with van der Waals surface area (Å²) in [7, 11) is 0. The minimum atomic E-state index is 0.0160. The zero-order chi connectivity index (χ0) is 13.0. The molecule has 0 unspecified atom stereocenters. The monoisotopic (exact) mass is 252 g/mol. The molecule has 0 bridgehead atoms. The highest BCUT2D eigenvalue weighted by molar-refractivity contribution is 5.56. The smallest absolute Gasteiger partial charge is 0.115 e. The molecule has 2 aromatic rings. The number of phenols is 2. The summed E-state index contributed by atoms with van der Waals surface area (Å²) in [5.74, 6) is 0.683. The van der Waals surface area contributed by atoms with Crippen LogP contribution in [0, 0.1) is 0 Å². The van der Waals surface area contributed by atoms with E-state index in [4.69, 9.17) is 0 Å². The summed E-state index contributed by atoms with van der Waals surface area (Å²) in [4.78, 5) is 0. The van der Waals surface area contributed by atoms with Gasteiger partial charge in [-0.2, -0.15) is 0 Å². The highest BCUT2D eigenvalue weighted by Crippen LogP contribution is 2.53. The number of rotatable bonds is 0. The van der Waals surface area contributed by atoms with Crippen LogP contribution in [0.3, 0.4) is 0 Å². The van der Waals surface area contributed by atoms with Crippen LogP contribution in [0.2, 0.25) is 0 Å². The van der Waals surface area contributed by atoms with Crippen molar-refractivity contribution in [3.8, 4) is 11.5 Å². The summed E-state index contributed by atoms with van der Waals surface area (Å²) in [6.45, 7) is 0. The van der Waals surface area contributed by atoms with E-state index in [1.807, 2.05) is 24.3 Å². The first-order chi connectivity index (χ1) is 9.19. The van der Waals surface area contributed by atoms with Gasteiger partial charge in [-0.15, -0.1) is 0 Å². The van der Waals surface area contributed by atoms with E-state index in [0.717, 1.165) is 25.7 Å². The molecule has 2 aliphatic carbocycles. The standard InChI is InChI=1S/C17H16O2/c18-13-3-1-11-5-7-17(15(11)9-13)8-6-12-2-4-14(19)10-16(12)17/h1-4,9-10,18-19H,5-8H2. The van der Waals surface area contributed by atoms with Gasteiger partial charge in [-0.1, -0.05) is 12.1 Å². The zero-order valence-electron chi connectivity index (χ0n) is 10.7. The number of aromatic hydroxyl groups is 2. The van der Waals surface area contributed by atoms with Crippen LogP contribution in [0.4, 0.5) is 0 Å². The minimum absolute atomic E-state index is 0.0160. The van der Waals surface area contributed by atoms with Gasteiger partial charge in [-0.3, -0.25) is 0 Å². The number of fused-ring (bicyclic) bond motifs is 4. The van der Waals surface area contributed by atoms with Crippen LogP contribution in [0.1, 0.15) is 35.1 Å². The lowest BCUT2D eigenvalue weighted by molar-refractivity contribution is 0.463. The van der Waals surface area contributed by atoms with Crippen LogP contribution < -0.4 is 0 Å². The fraction of sp³-hybridized carbons (Fsp3) is 0.294. The molecule has 2 N–H and O–H groups in total. The third kappa shape index (κ3) is 1.37. The Bertz CT molecular complexity index is 613. The van der Waals surface area contributed by atoms with Gasteiger partial charge in [0.1, 0.15) is 11.5 Å². The highest BCUT2D eigenvalue weighted by atomic mass is 16.3. The maximum atomic E-state index is 9.79. The average Bonchev–Trinajstić information content (AvgIpc) is 2.94. The topological polar surface area (TPSA) is 40.5 Å². The van der Waals surface area contributed by atoms with Crippen LogP contribution in [-0.4, -0.2) is 10.2 Å². The molecule has 0 fully saturated rings. The maximum absolute atomic E-state index is 9.79. The van der Waals surface area contributed by atoms with Crippen LogP contribution in [0.5, 0.6) is 11.5 Å². The van der Waals surface area contributed by atoms with E-state index in [1.165, 1.54) is 22.3 Å². The second-order valence-electron chi connectivity index (χ2n) is 5.77. The largest absolute Gasteiger partial charge is 0.508 e. The van der Waals surface area contributed by atoms with Crippen molar-refractivity contribution < 1.29 is 10.2 Å². The van der Waals surface area contributed by atoms with Crippen LogP contribution in [-0.2, 0) is 18.3 Å². The summed E-state index contributed by atoms with van der Waals surface area (Å²) in [6, 6.07) is 11.5. The van der Waals surface area contributed by atoms with Crippen molar-refractivity contribution >= 4 is 0 Å². The van der Waals surface area contributed by atoms with Crippen molar-refractivity contribution in [2.45, 2.75) is 31.1 Å². The molecule has 96 valence electrons. The maximum Gasteiger partial charge on any atom is 0.115 e. The van der Waals surface area contributed by atoms with Crippen LogP contribution in [0.25, 0.3) is 0 Å². The summed E-state index contributed by atoms with van der Waals surface area (Å²) in [6.07, 6.45) is 4.29. The fourth-order valence-corrected chi connectivity index (χ4v) is 3.96. The third-order valence-electron chi connectivity index (χ3n) is 4.86. The van der Waals surface area contributed by atoms with Crippen molar-refractivity contribution in [3.63, 3.8) is 0 Å². The Balaban J connectivity index is 1.97. The first kappa shape index (κ1) is 10.9. The Hall–Kier alpha value is -1.96. The molecule has 0 amide bonds. The average molecular weight is 252 g/mol. The zero-order valence-corrected chi connectivity index (χ0v) is 10.7. The van der Waals surface area contributed by atoms with Gasteiger partial charge in [0.2, 0.25) is 0 Å². The molecule has 0 heterocycles. The highest BCUT2D eigenvalue weighted by Gasteiger charge is 2.44. The predicted molar refractivity (Wildman–Crippen MR) is 73.6 cm³/mol. The molecule has 0 aromatic heterocycles. The Morgan fingerprint density at radius 3 is 1.68 bits per heavy atom. The molecular weight excluding hydrogens is 236 g/mol. The van der Waals surface area contributed by atoms with Crippen molar-refractivity contribution in [1.29, 1.82) is 0 Å². The van der Waals surface area contributed by atoms with Gasteiger partial charge in [0.25, 0.3) is 0 Å². The molecule has 0 atom stereocenters. The van der Waals surface area contributed by atoms with Gasteiger partial charge in [0, 0.05) is 5.41 Å². The molecule has 0 saturated carbocycles. The van der Waals surface area contributed by atoms with Crippen LogP contribution in [0.15, 0.2) is 36.4 Å². The molecule has 2 aliphatic rings. The summed E-state index contributed by atoms with van der Waals surface area (Å²) in [5.41, 5.74) is 5.22. The molecule has 2 nitrogen and oxygen atoms in total. The lowest BCUT2D eigenvalue weighted by atomic mass is 9.76. The summed E-state index contributed by atoms with van der Waals surface area (Å²) in [5, 5.41) is 19.6. The number of hydrogen-bond donors (Lipinski definition) is 2. The molecule has 2 aromatic carbocycles. The number of benzene rings is 2. The Morgan fingerprint density at radius 2 is 1.21 bits per heavy atom. The van der Waals surface area contributed by atoms with E-state index in [9.17, 15) is 10.2 Å². The first-order valence-corrected chi connectivity index (χ1v) is 6.84. The van der Waals surface area contributed by atoms with E-state index in [0.29, 0.717) is 11.5 Å². The van der Waals surface area contributed by atoms with Crippen molar-refractivity contribution in [3.05, 3.63) is 58.7 Å². The minimum Gasteiger partial charge on any atom is -0.508 e. The molecule has 0 saturated heterocycles. The molecule has 19 heavy (non-hydrogen) atoms. The van der Waals surface area contributed by atoms with Gasteiger partial charge < -0.3 is 10.2 Å². The quantitative estimate of drug-likeness (QED) is 0.755. The normalized spacial score (nSPS) is 18.5. The Morgan fingerprint density at radius 1 is 0.737 bits per heavy atom. The second-order valence-corrected chi connectivity index (χ2v) is 5.77. The molecule has 4 rings (SSSR count). The van der Waals surface area contributed by atoms with Gasteiger partial charge >= 0.3 is 0 Å². The third-order valence-corrected chi connectivity index (χ3v) is 4.86. The molecule has 1 spiro atoms. The second kappa shape index (κ2) is 3.53. The van der Waals surface area contributed by atoms with Gasteiger partial charge in [0.15, 0.2) is 0 Å². The number of hydrogen-bond acceptors (Lipinski definition) is 2. The SMILES string of the molecule is Oc1ccc2c(c1)C1(CC2)CCc2ccc(O)cc21. The molecule has 0 radical (unpaired) electrons. The van der Waals surface area contributed by atoms with E-state index in [-0.39, 0.29) is 5.41 Å². The van der Waals surface area contributed by atoms with Crippen molar-refractivity contribution in [2.75, 3.05) is 0 Å². The lowest BCUT2D eigenvalue weighted by Crippen LogP contribution is -2.20. The van der Waals surface area contributed by atoms with Crippen LogP contribution >= 0.6 is 0 Å². The van der Waals surface area contributed by atoms with E-state index < -0.39 is 0 Å². The lowest BCUT2D eigenvalue weighted by Gasteiger charge is -2.26. The predicted octanol–water partition coefficient (Wildman–Crippen LogP) is 3.28. The summed E-state index contributed by atoms with van der Waals surface area (Å²) < 4.78 is 0. The Labute approximate surface area is 112 Å². The molecular formula is C17H16O2.